The van der Waals surface area contributed by atoms with Gasteiger partial charge in [0.1, 0.15) is 16.2 Å². The predicted molar refractivity (Wildman–Crippen MR) is 110 cm³/mol. The Bertz CT molecular complexity index is 1280. The summed E-state index contributed by atoms with van der Waals surface area (Å²) in [5, 5.41) is 2.49. The maximum Gasteiger partial charge on any atom is 0.418 e. The molecule has 2 heterocycles. The van der Waals surface area contributed by atoms with Gasteiger partial charge >= 0.3 is 11.9 Å². The van der Waals surface area contributed by atoms with Crippen LogP contribution in [0.15, 0.2) is 38.9 Å². The molecular weight excluding hydrogens is 435 g/mol. The van der Waals surface area contributed by atoms with E-state index in [2.05, 4.69) is 15.3 Å². The highest BCUT2D eigenvalue weighted by atomic mass is 32.2. The van der Waals surface area contributed by atoms with E-state index in [9.17, 15) is 27.6 Å². The molecule has 3 aromatic rings. The molecule has 31 heavy (non-hydrogen) atoms. The number of nitrogens with one attached hydrogen (secondary N) is 1. The molecule has 0 unspecified atom stereocenters. The third kappa shape index (κ3) is 4.48. The van der Waals surface area contributed by atoms with Gasteiger partial charge in [0.05, 0.1) is 17.0 Å². The lowest BCUT2D eigenvalue weighted by atomic mass is 10.1. The third-order valence-corrected chi connectivity index (χ3v) is 5.45. The van der Waals surface area contributed by atoms with Crippen molar-refractivity contribution in [1.29, 1.82) is 0 Å². The standard InChI is InChI=1S/C19H18F3N5O3S/c1-4-12-24-15-14(17(29)27(3)18(30)26(15)2)16(25-12)31-9-13(28)23-11-8-6-5-7-10(11)19(20,21)22/h5-8H,4,9H2,1-3H3,(H,23,28). The number of rotatable bonds is 5. The van der Waals surface area contributed by atoms with Crippen LogP contribution in [-0.4, -0.2) is 30.8 Å². The summed E-state index contributed by atoms with van der Waals surface area (Å²) in [6.07, 6.45) is -4.20. The fourth-order valence-electron chi connectivity index (χ4n) is 2.89. The molecule has 0 atom stereocenters. The van der Waals surface area contributed by atoms with Crippen LogP contribution in [0, 0.1) is 0 Å². The van der Waals surface area contributed by atoms with E-state index in [1.807, 2.05) is 0 Å². The van der Waals surface area contributed by atoms with Crippen LogP contribution in [-0.2, 0) is 31.5 Å². The largest absolute Gasteiger partial charge is 0.418 e. The molecule has 0 radical (unpaired) electrons. The quantitative estimate of drug-likeness (QED) is 0.470. The van der Waals surface area contributed by atoms with E-state index in [4.69, 9.17) is 0 Å². The van der Waals surface area contributed by atoms with Crippen molar-refractivity contribution in [3.63, 3.8) is 0 Å². The summed E-state index contributed by atoms with van der Waals surface area (Å²) in [6, 6.07) is 4.64. The van der Waals surface area contributed by atoms with Gasteiger partial charge in [-0.3, -0.25) is 18.7 Å². The number of anilines is 1. The normalized spacial score (nSPS) is 11.7. The molecular formula is C19H18F3N5O3S. The number of halogens is 3. The molecule has 1 N–H and O–H groups in total. The van der Waals surface area contributed by atoms with Gasteiger partial charge in [-0.1, -0.05) is 30.8 Å². The monoisotopic (exact) mass is 453 g/mol. The highest BCUT2D eigenvalue weighted by Crippen LogP contribution is 2.34. The molecule has 0 aliphatic carbocycles. The van der Waals surface area contributed by atoms with E-state index in [0.29, 0.717) is 12.2 Å². The van der Waals surface area contributed by atoms with Crippen molar-refractivity contribution >= 4 is 34.4 Å². The number of aromatic nitrogens is 4. The Morgan fingerprint density at radius 1 is 1.13 bits per heavy atom. The van der Waals surface area contributed by atoms with Gasteiger partial charge in [0.2, 0.25) is 5.91 Å². The molecule has 0 aliphatic heterocycles. The van der Waals surface area contributed by atoms with Crippen LogP contribution in [0.5, 0.6) is 0 Å². The molecule has 12 heteroatoms. The number of fused-ring (bicyclic) bond motifs is 1. The molecule has 0 bridgehead atoms. The first kappa shape index (κ1) is 22.5. The lowest BCUT2D eigenvalue weighted by molar-refractivity contribution is -0.137. The van der Waals surface area contributed by atoms with Crippen LogP contribution in [0.1, 0.15) is 18.3 Å². The number of para-hydroxylation sites is 1. The van der Waals surface area contributed by atoms with Crippen molar-refractivity contribution in [2.24, 2.45) is 14.1 Å². The zero-order chi connectivity index (χ0) is 22.9. The summed E-state index contributed by atoms with van der Waals surface area (Å²) in [6.45, 7) is 1.79. The van der Waals surface area contributed by atoms with Gasteiger partial charge in [-0.2, -0.15) is 13.2 Å². The van der Waals surface area contributed by atoms with E-state index >= 15 is 0 Å². The molecule has 164 valence electrons. The van der Waals surface area contributed by atoms with E-state index in [1.54, 1.807) is 6.92 Å². The SMILES string of the molecule is CCc1nc(SCC(=O)Nc2ccccc2C(F)(F)F)c2c(=O)n(C)c(=O)n(C)c2n1. The summed E-state index contributed by atoms with van der Waals surface area (Å²) in [7, 11) is 2.78. The lowest BCUT2D eigenvalue weighted by Crippen LogP contribution is -2.38. The van der Waals surface area contributed by atoms with E-state index in [-0.39, 0.29) is 27.5 Å². The summed E-state index contributed by atoms with van der Waals surface area (Å²) >= 11 is 0.884. The summed E-state index contributed by atoms with van der Waals surface area (Å²) < 4.78 is 41.5. The van der Waals surface area contributed by atoms with E-state index < -0.39 is 28.9 Å². The average Bonchev–Trinajstić information content (AvgIpc) is 2.73. The number of hydrogen-bond acceptors (Lipinski definition) is 6. The van der Waals surface area contributed by atoms with E-state index in [1.165, 1.54) is 30.8 Å². The Morgan fingerprint density at radius 3 is 2.45 bits per heavy atom. The van der Waals surface area contributed by atoms with Crippen LogP contribution >= 0.6 is 11.8 Å². The van der Waals surface area contributed by atoms with Gasteiger partial charge in [0.25, 0.3) is 5.56 Å². The van der Waals surface area contributed by atoms with Crippen LogP contribution in [0.25, 0.3) is 11.0 Å². The molecule has 3 rings (SSSR count). The molecule has 0 fully saturated rings. The highest BCUT2D eigenvalue weighted by molar-refractivity contribution is 8.00. The fraction of sp³-hybridized carbons (Fsp3) is 0.316. The maximum atomic E-state index is 13.1. The van der Waals surface area contributed by atoms with Crippen molar-refractivity contribution < 1.29 is 18.0 Å². The summed E-state index contributed by atoms with van der Waals surface area (Å²) in [4.78, 5) is 45.7. The Labute approximate surface area is 178 Å². The maximum absolute atomic E-state index is 13.1. The Kier molecular flexibility index (Phi) is 6.20. The van der Waals surface area contributed by atoms with Crippen molar-refractivity contribution in [2.45, 2.75) is 24.5 Å². The topological polar surface area (TPSA) is 98.9 Å². The van der Waals surface area contributed by atoms with Gasteiger partial charge in [0.15, 0.2) is 5.65 Å². The summed E-state index contributed by atoms with van der Waals surface area (Å²) in [5.74, 6) is -0.637. The molecule has 1 amide bonds. The highest BCUT2D eigenvalue weighted by Gasteiger charge is 2.33. The second kappa shape index (κ2) is 8.53. The van der Waals surface area contributed by atoms with Crippen molar-refractivity contribution in [2.75, 3.05) is 11.1 Å². The molecule has 8 nitrogen and oxygen atoms in total. The Hall–Kier alpha value is -3.15. The van der Waals surface area contributed by atoms with Gasteiger partial charge in [0, 0.05) is 20.5 Å². The number of carbonyl (C=O) groups excluding carboxylic acids is 1. The number of nitrogens with zero attached hydrogens (tertiary/aromatic N) is 4. The van der Waals surface area contributed by atoms with Crippen LogP contribution < -0.4 is 16.6 Å². The molecule has 0 spiro atoms. The van der Waals surface area contributed by atoms with Crippen LogP contribution in [0.4, 0.5) is 18.9 Å². The number of carbonyl (C=O) groups is 1. The minimum atomic E-state index is -4.62. The Balaban J connectivity index is 1.94. The average molecular weight is 453 g/mol. The predicted octanol–water partition coefficient (Wildman–Crippen LogP) is 2.34. The fourth-order valence-corrected chi connectivity index (χ4v) is 3.73. The molecule has 0 saturated carbocycles. The minimum absolute atomic E-state index is 0.0651. The number of hydrogen-bond donors (Lipinski definition) is 1. The smallest absolute Gasteiger partial charge is 0.325 e. The first-order valence-electron chi connectivity index (χ1n) is 9.10. The number of benzene rings is 1. The van der Waals surface area contributed by atoms with Gasteiger partial charge in [-0.25, -0.2) is 14.8 Å². The third-order valence-electron chi connectivity index (χ3n) is 4.48. The number of amides is 1. The Morgan fingerprint density at radius 2 is 1.81 bits per heavy atom. The van der Waals surface area contributed by atoms with Crippen molar-refractivity contribution in [1.82, 2.24) is 19.1 Å². The van der Waals surface area contributed by atoms with Crippen molar-refractivity contribution in [3.8, 4) is 0 Å². The van der Waals surface area contributed by atoms with Crippen LogP contribution in [0.2, 0.25) is 0 Å². The van der Waals surface area contributed by atoms with E-state index in [0.717, 1.165) is 28.5 Å². The first-order chi connectivity index (χ1) is 14.5. The zero-order valence-electron chi connectivity index (χ0n) is 16.8. The lowest BCUT2D eigenvalue weighted by Gasteiger charge is -2.14. The van der Waals surface area contributed by atoms with Crippen LogP contribution in [0.3, 0.4) is 0 Å². The minimum Gasteiger partial charge on any atom is -0.325 e. The van der Waals surface area contributed by atoms with Gasteiger partial charge in [-0.05, 0) is 12.1 Å². The number of thioether (sulfide) groups is 1. The second-order valence-corrected chi connectivity index (χ2v) is 7.55. The molecule has 0 saturated heterocycles. The van der Waals surface area contributed by atoms with Crippen molar-refractivity contribution in [3.05, 3.63) is 56.5 Å². The zero-order valence-corrected chi connectivity index (χ0v) is 17.6. The molecule has 1 aromatic carbocycles. The van der Waals surface area contributed by atoms with Gasteiger partial charge < -0.3 is 5.32 Å². The number of aryl methyl sites for hydroxylation is 2. The molecule has 0 aliphatic rings. The first-order valence-corrected chi connectivity index (χ1v) is 10.1. The summed E-state index contributed by atoms with van der Waals surface area (Å²) in [5.41, 5.74) is -2.37. The van der Waals surface area contributed by atoms with Gasteiger partial charge in [-0.15, -0.1) is 0 Å². The second-order valence-electron chi connectivity index (χ2n) is 6.58. The number of alkyl halides is 3. The molecule has 2 aromatic heterocycles.